The first kappa shape index (κ1) is 31.6. The van der Waals surface area contributed by atoms with Crippen LogP contribution in [-0.4, -0.2) is 71.0 Å². The van der Waals surface area contributed by atoms with Gasteiger partial charge in [0.2, 0.25) is 0 Å². The normalized spacial score (nSPS) is 15.6. The molecule has 0 saturated heterocycles. The number of nitrogens with one attached hydrogen (secondary N) is 1. The molecule has 0 bridgehead atoms. The summed E-state index contributed by atoms with van der Waals surface area (Å²) in [6.45, 7) is -1.76. The Morgan fingerprint density at radius 1 is 0.606 bits per heavy atom. The number of aliphatic hydroxyl groups excluding tert-OH is 1. The van der Waals surface area contributed by atoms with Crippen LogP contribution in [0.2, 0.25) is 0 Å². The van der Waals surface area contributed by atoms with E-state index in [9.17, 15) is 75.0 Å². The summed E-state index contributed by atoms with van der Waals surface area (Å²) in [4.78, 5) is 11.0. The molecule has 0 heterocycles. The highest BCUT2D eigenvalue weighted by Crippen LogP contribution is 2.64. The minimum absolute atomic E-state index is 0.308. The molecule has 0 fully saturated rings. The fourth-order valence-corrected chi connectivity index (χ4v) is 1.97. The lowest BCUT2D eigenvalue weighted by atomic mass is 9.89. The predicted octanol–water partition coefficient (Wildman–Crippen LogP) is 5.15. The Hall–Kier alpha value is -1.40. The molecule has 0 aromatic carbocycles. The second-order valence-electron chi connectivity index (χ2n) is 6.21. The Bertz CT molecular complexity index is 705. The average molecular weight is 552 g/mol. The second kappa shape index (κ2) is 8.99. The summed E-state index contributed by atoms with van der Waals surface area (Å²) in [7, 11) is 0. The van der Waals surface area contributed by atoms with E-state index in [0.717, 1.165) is 5.32 Å². The smallest absolute Gasteiger partial charge is 0.393 e. The van der Waals surface area contributed by atoms with Gasteiger partial charge in [-0.3, -0.25) is 4.79 Å². The van der Waals surface area contributed by atoms with E-state index >= 15 is 0 Å². The van der Waals surface area contributed by atoms with Gasteiger partial charge in [0.05, 0.1) is 0 Å². The maximum atomic E-state index is 13.5. The standard InChI is InChI=1S/C13H10ClF16NO2/c14-13(29,30)12(27,28)11(25,26)10(23,24)9(21,22)8(19,20)7(17,18)6(15,16)5(33)31-3-1-2-4-32/h32H,1-4H2,(H,31,33). The van der Waals surface area contributed by atoms with E-state index in [1.54, 1.807) is 0 Å². The summed E-state index contributed by atoms with van der Waals surface area (Å²) >= 11 is 3.39. The minimum Gasteiger partial charge on any atom is -0.396 e. The Kier molecular flexibility index (Phi) is 8.61. The maximum Gasteiger partial charge on any atom is 0.393 e. The highest BCUT2D eigenvalue weighted by atomic mass is 35.5. The SMILES string of the molecule is O=C(NCCCCO)C(F)(F)C(F)(F)C(F)(F)C(F)(F)C(F)(F)C(F)(F)C(F)(F)C(F)(F)Cl. The van der Waals surface area contributed by atoms with Crippen LogP contribution in [0.15, 0.2) is 0 Å². The van der Waals surface area contributed by atoms with E-state index < -0.39 is 72.3 Å². The summed E-state index contributed by atoms with van der Waals surface area (Å²) in [5.41, 5.74) is 0. The number of rotatable bonds is 12. The monoisotopic (exact) mass is 551 g/mol. The van der Waals surface area contributed by atoms with Gasteiger partial charge in [0.15, 0.2) is 0 Å². The number of amides is 1. The number of hydrogen-bond donors (Lipinski definition) is 2. The van der Waals surface area contributed by atoms with Crippen LogP contribution < -0.4 is 5.32 Å². The number of carbonyl (C=O) groups excluding carboxylic acids is 1. The third-order valence-electron chi connectivity index (χ3n) is 3.88. The first-order valence-corrected chi connectivity index (χ1v) is 8.21. The molecule has 0 aliphatic heterocycles. The van der Waals surface area contributed by atoms with Crippen LogP contribution in [0.4, 0.5) is 70.2 Å². The number of carbonyl (C=O) groups is 1. The molecule has 0 radical (unpaired) electrons. The lowest BCUT2D eigenvalue weighted by Crippen LogP contribution is -2.75. The molecule has 20 heteroatoms. The van der Waals surface area contributed by atoms with E-state index in [4.69, 9.17) is 5.11 Å². The van der Waals surface area contributed by atoms with Crippen molar-refractivity contribution in [1.82, 2.24) is 5.32 Å². The molecule has 2 N–H and O–H groups in total. The van der Waals surface area contributed by atoms with Crippen LogP contribution in [0, 0.1) is 0 Å². The van der Waals surface area contributed by atoms with Gasteiger partial charge >= 0.3 is 46.8 Å². The number of alkyl halides is 17. The van der Waals surface area contributed by atoms with E-state index in [2.05, 4.69) is 11.6 Å². The third-order valence-corrected chi connectivity index (χ3v) is 4.12. The molecule has 0 unspecified atom stereocenters. The van der Waals surface area contributed by atoms with Crippen LogP contribution in [0.25, 0.3) is 0 Å². The Labute approximate surface area is 177 Å². The maximum absolute atomic E-state index is 13.5. The molecule has 0 atom stereocenters. The fraction of sp³-hybridized carbons (Fsp3) is 0.923. The molecule has 0 saturated carbocycles. The first-order chi connectivity index (χ1) is 14.2. The van der Waals surface area contributed by atoms with Gasteiger partial charge in [-0.1, -0.05) is 0 Å². The Morgan fingerprint density at radius 2 is 0.939 bits per heavy atom. The lowest BCUT2D eigenvalue weighted by molar-refractivity contribution is -0.446. The zero-order valence-electron chi connectivity index (χ0n) is 15.1. The van der Waals surface area contributed by atoms with Gasteiger partial charge in [0.25, 0.3) is 5.91 Å². The quantitative estimate of drug-likeness (QED) is 0.200. The summed E-state index contributed by atoms with van der Waals surface area (Å²) in [5.74, 6) is -60.3. The van der Waals surface area contributed by atoms with Gasteiger partial charge in [0, 0.05) is 13.2 Å². The topological polar surface area (TPSA) is 49.3 Å². The minimum atomic E-state index is -8.61. The molecule has 0 aliphatic carbocycles. The van der Waals surface area contributed by atoms with Crippen molar-refractivity contribution < 1.29 is 80.1 Å². The van der Waals surface area contributed by atoms with Crippen molar-refractivity contribution in [2.75, 3.05) is 13.2 Å². The summed E-state index contributed by atoms with van der Waals surface area (Å²) in [6, 6.07) is 0. The van der Waals surface area contributed by atoms with Gasteiger partial charge in [-0.2, -0.15) is 70.2 Å². The van der Waals surface area contributed by atoms with Crippen LogP contribution in [0.5, 0.6) is 0 Å². The van der Waals surface area contributed by atoms with Crippen LogP contribution >= 0.6 is 11.6 Å². The predicted molar refractivity (Wildman–Crippen MR) is 74.8 cm³/mol. The Balaban J connectivity index is 6.45. The second-order valence-corrected chi connectivity index (χ2v) is 6.68. The zero-order valence-corrected chi connectivity index (χ0v) is 15.9. The molecule has 1 amide bonds. The largest absolute Gasteiger partial charge is 0.396 e. The van der Waals surface area contributed by atoms with Crippen molar-refractivity contribution in [3.8, 4) is 0 Å². The number of halogens is 17. The van der Waals surface area contributed by atoms with Crippen LogP contribution in [0.3, 0.4) is 0 Å². The van der Waals surface area contributed by atoms with Gasteiger partial charge in [-0.15, -0.1) is 0 Å². The van der Waals surface area contributed by atoms with Crippen molar-refractivity contribution >= 4 is 17.5 Å². The van der Waals surface area contributed by atoms with Crippen molar-refractivity contribution in [3.63, 3.8) is 0 Å². The summed E-state index contributed by atoms with van der Waals surface area (Å²) < 4.78 is 211. The summed E-state index contributed by atoms with van der Waals surface area (Å²) in [6.07, 6.45) is -0.806. The van der Waals surface area contributed by atoms with E-state index in [1.165, 1.54) is 0 Å². The average Bonchev–Trinajstić information content (AvgIpc) is 2.62. The fourth-order valence-electron chi connectivity index (χ4n) is 1.86. The van der Waals surface area contributed by atoms with Crippen LogP contribution in [0.1, 0.15) is 12.8 Å². The molecular formula is C13H10ClF16NO2. The van der Waals surface area contributed by atoms with E-state index in [-0.39, 0.29) is 6.42 Å². The molecular weight excluding hydrogens is 542 g/mol. The molecule has 0 spiro atoms. The molecule has 0 aromatic rings. The molecule has 33 heavy (non-hydrogen) atoms. The zero-order chi connectivity index (χ0) is 27.1. The Morgan fingerprint density at radius 3 is 1.27 bits per heavy atom. The highest BCUT2D eigenvalue weighted by Gasteiger charge is 2.95. The highest BCUT2D eigenvalue weighted by molar-refractivity contribution is 6.22. The van der Waals surface area contributed by atoms with Crippen molar-refractivity contribution in [2.45, 2.75) is 59.7 Å². The van der Waals surface area contributed by atoms with E-state index in [1.807, 2.05) is 0 Å². The molecule has 0 aromatic heterocycles. The lowest BCUT2D eigenvalue weighted by Gasteiger charge is -2.42. The van der Waals surface area contributed by atoms with Gasteiger partial charge in [-0.25, -0.2) is 0 Å². The number of aliphatic hydroxyl groups is 1. The summed E-state index contributed by atoms with van der Waals surface area (Å²) in [5, 5.41) is 2.28. The molecule has 0 aliphatic rings. The first-order valence-electron chi connectivity index (χ1n) is 7.84. The van der Waals surface area contributed by atoms with Crippen molar-refractivity contribution in [1.29, 1.82) is 0 Å². The van der Waals surface area contributed by atoms with Crippen molar-refractivity contribution in [3.05, 3.63) is 0 Å². The third kappa shape index (κ3) is 4.62. The molecule has 198 valence electrons. The van der Waals surface area contributed by atoms with Gasteiger partial charge in [0.1, 0.15) is 0 Å². The number of unbranched alkanes of at least 4 members (excludes halogenated alkanes) is 1. The number of hydrogen-bond acceptors (Lipinski definition) is 2. The van der Waals surface area contributed by atoms with Crippen molar-refractivity contribution in [2.24, 2.45) is 0 Å². The van der Waals surface area contributed by atoms with Crippen LogP contribution in [-0.2, 0) is 4.79 Å². The van der Waals surface area contributed by atoms with E-state index in [0.29, 0.717) is 0 Å². The molecule has 0 rings (SSSR count). The van der Waals surface area contributed by atoms with Gasteiger partial charge < -0.3 is 10.4 Å². The van der Waals surface area contributed by atoms with Gasteiger partial charge in [-0.05, 0) is 24.4 Å². The molecule has 3 nitrogen and oxygen atoms in total.